The fourth-order valence-electron chi connectivity index (χ4n) is 7.38. The number of hydrogen-bond acceptors (Lipinski definition) is 2. The van der Waals surface area contributed by atoms with Crippen LogP contribution in [0.3, 0.4) is 0 Å². The maximum Gasteiger partial charge on any atom is 0.0468 e. The van der Waals surface area contributed by atoms with Gasteiger partial charge in [0, 0.05) is 34.1 Å². The summed E-state index contributed by atoms with van der Waals surface area (Å²) >= 11 is 0. The predicted molar refractivity (Wildman–Crippen MR) is 233 cm³/mol. The molecule has 7 aromatic carbocycles. The molecule has 0 heterocycles. The Morgan fingerprint density at radius 3 is 1.26 bits per heavy atom. The molecule has 2 nitrogen and oxygen atoms in total. The number of hydrogen-bond donors (Lipinski definition) is 0. The lowest BCUT2D eigenvalue weighted by Gasteiger charge is -2.28. The summed E-state index contributed by atoms with van der Waals surface area (Å²) < 4.78 is 0. The van der Waals surface area contributed by atoms with Crippen molar-refractivity contribution in [2.45, 2.75) is 66.2 Å². The maximum absolute atomic E-state index is 2.39. The van der Waals surface area contributed by atoms with E-state index in [9.17, 15) is 0 Å². The van der Waals surface area contributed by atoms with Crippen LogP contribution < -0.4 is 9.80 Å². The molecule has 7 aromatic rings. The zero-order valence-corrected chi connectivity index (χ0v) is 32.3. The van der Waals surface area contributed by atoms with Crippen molar-refractivity contribution in [3.05, 3.63) is 192 Å². The van der Waals surface area contributed by atoms with Crippen molar-refractivity contribution in [3.8, 4) is 22.3 Å². The molecule has 0 atom stereocenters. The smallest absolute Gasteiger partial charge is 0.0468 e. The SMILES string of the molecule is CCCCc1ccc(N(c2ccc(-c3ccc(N(c4ccc(CCCC)cc4)c4cccc(C)c4)cc3-c3ccccc3)cc2)c2cccc(C)c2)cc1. The highest BCUT2D eigenvalue weighted by atomic mass is 15.1. The van der Waals surface area contributed by atoms with E-state index in [4.69, 9.17) is 0 Å². The molecule has 0 amide bonds. The van der Waals surface area contributed by atoms with Gasteiger partial charge in [-0.1, -0.05) is 124 Å². The van der Waals surface area contributed by atoms with Gasteiger partial charge in [0.05, 0.1) is 0 Å². The van der Waals surface area contributed by atoms with Gasteiger partial charge in [0.2, 0.25) is 0 Å². The second-order valence-electron chi connectivity index (χ2n) is 14.5. The largest absolute Gasteiger partial charge is 0.310 e. The minimum Gasteiger partial charge on any atom is -0.310 e. The molecule has 0 saturated carbocycles. The molecule has 0 aliphatic heterocycles. The Bertz CT molecular complexity index is 2250. The van der Waals surface area contributed by atoms with Gasteiger partial charge in [0.25, 0.3) is 0 Å². The Morgan fingerprint density at radius 2 is 0.778 bits per heavy atom. The van der Waals surface area contributed by atoms with Crippen LogP contribution in [0.4, 0.5) is 34.1 Å². The molecule has 0 bridgehead atoms. The van der Waals surface area contributed by atoms with Crippen LogP contribution in [0.15, 0.2) is 170 Å². The Morgan fingerprint density at radius 1 is 0.352 bits per heavy atom. The molecule has 54 heavy (non-hydrogen) atoms. The fourth-order valence-corrected chi connectivity index (χ4v) is 7.38. The molecule has 0 spiro atoms. The molecule has 0 unspecified atom stereocenters. The van der Waals surface area contributed by atoms with E-state index in [1.807, 2.05) is 0 Å². The van der Waals surface area contributed by atoms with Crippen molar-refractivity contribution in [2.24, 2.45) is 0 Å². The van der Waals surface area contributed by atoms with Gasteiger partial charge in [-0.2, -0.15) is 0 Å². The van der Waals surface area contributed by atoms with Gasteiger partial charge >= 0.3 is 0 Å². The summed E-state index contributed by atoms with van der Waals surface area (Å²) in [6, 6.07) is 62.7. The quantitative estimate of drug-likeness (QED) is 0.111. The molecule has 0 aliphatic rings. The van der Waals surface area contributed by atoms with Crippen molar-refractivity contribution >= 4 is 34.1 Å². The van der Waals surface area contributed by atoms with E-state index in [1.165, 1.54) is 70.2 Å². The molecule has 0 aliphatic carbocycles. The minimum absolute atomic E-state index is 1.11. The lowest BCUT2D eigenvalue weighted by Crippen LogP contribution is -2.11. The monoisotopic (exact) mass is 704 g/mol. The van der Waals surface area contributed by atoms with Gasteiger partial charge in [-0.05, 0) is 157 Å². The molecule has 270 valence electrons. The summed E-state index contributed by atoms with van der Waals surface area (Å²) in [5.74, 6) is 0. The Hall–Kier alpha value is -5.86. The third-order valence-corrected chi connectivity index (χ3v) is 10.3. The van der Waals surface area contributed by atoms with E-state index in [0.717, 1.165) is 47.0 Å². The Balaban J connectivity index is 1.29. The number of anilines is 6. The number of nitrogens with zero attached hydrogens (tertiary/aromatic N) is 2. The molecular weight excluding hydrogens is 653 g/mol. The molecular formula is C52H52N2. The van der Waals surface area contributed by atoms with Crippen molar-refractivity contribution in [2.75, 3.05) is 9.80 Å². The molecule has 0 radical (unpaired) electrons. The summed E-state index contributed by atoms with van der Waals surface area (Å²) in [4.78, 5) is 4.76. The number of rotatable bonds is 14. The minimum atomic E-state index is 1.11. The van der Waals surface area contributed by atoms with E-state index < -0.39 is 0 Å². The Kier molecular flexibility index (Phi) is 11.7. The van der Waals surface area contributed by atoms with Crippen molar-refractivity contribution in [1.82, 2.24) is 0 Å². The van der Waals surface area contributed by atoms with Crippen molar-refractivity contribution in [3.63, 3.8) is 0 Å². The summed E-state index contributed by atoms with van der Waals surface area (Å²) in [5, 5.41) is 0. The second-order valence-corrected chi connectivity index (χ2v) is 14.5. The van der Waals surface area contributed by atoms with Crippen LogP contribution >= 0.6 is 0 Å². The van der Waals surface area contributed by atoms with Crippen LogP contribution in [0.5, 0.6) is 0 Å². The average Bonchev–Trinajstić information content (AvgIpc) is 3.21. The molecule has 7 rings (SSSR count). The number of benzene rings is 7. The van der Waals surface area contributed by atoms with Crippen LogP contribution in [-0.4, -0.2) is 0 Å². The first kappa shape index (κ1) is 36.5. The Labute approximate surface area is 323 Å². The van der Waals surface area contributed by atoms with Crippen LogP contribution in [-0.2, 0) is 12.8 Å². The van der Waals surface area contributed by atoms with Crippen LogP contribution in [0.25, 0.3) is 22.3 Å². The van der Waals surface area contributed by atoms with Gasteiger partial charge in [-0.25, -0.2) is 0 Å². The van der Waals surface area contributed by atoms with Crippen LogP contribution in [0.1, 0.15) is 61.8 Å². The average molecular weight is 705 g/mol. The van der Waals surface area contributed by atoms with E-state index >= 15 is 0 Å². The molecule has 2 heteroatoms. The van der Waals surface area contributed by atoms with E-state index in [1.54, 1.807) is 0 Å². The van der Waals surface area contributed by atoms with E-state index in [2.05, 4.69) is 207 Å². The van der Waals surface area contributed by atoms with Crippen LogP contribution in [0.2, 0.25) is 0 Å². The highest BCUT2D eigenvalue weighted by molar-refractivity contribution is 5.89. The van der Waals surface area contributed by atoms with Gasteiger partial charge < -0.3 is 9.80 Å². The third kappa shape index (κ3) is 8.50. The lowest BCUT2D eigenvalue weighted by atomic mass is 9.93. The predicted octanol–water partition coefficient (Wildman–Crippen LogP) is 15.3. The zero-order valence-electron chi connectivity index (χ0n) is 32.3. The molecule has 0 aromatic heterocycles. The van der Waals surface area contributed by atoms with Crippen molar-refractivity contribution in [1.29, 1.82) is 0 Å². The van der Waals surface area contributed by atoms with E-state index in [0.29, 0.717) is 0 Å². The van der Waals surface area contributed by atoms with Crippen molar-refractivity contribution < 1.29 is 0 Å². The van der Waals surface area contributed by atoms with Gasteiger partial charge in [-0.15, -0.1) is 0 Å². The zero-order chi connectivity index (χ0) is 37.3. The number of aryl methyl sites for hydroxylation is 4. The first-order valence-electron chi connectivity index (χ1n) is 19.7. The topological polar surface area (TPSA) is 6.48 Å². The summed E-state index contributed by atoms with van der Waals surface area (Å²) in [7, 11) is 0. The molecule has 0 saturated heterocycles. The van der Waals surface area contributed by atoms with Gasteiger partial charge in [0.15, 0.2) is 0 Å². The standard InChI is InChI=1S/C52H52N2/c1-5-7-16-41-22-28-45(29-23-41)53(48-20-12-14-39(3)36-48)47-32-26-44(27-33-47)51-35-34-50(38-52(51)43-18-10-9-11-19-43)54(49-21-13-15-40(4)37-49)46-30-24-42(25-31-46)17-8-6-2/h9-15,18-38H,5-8,16-17H2,1-4H3. The summed E-state index contributed by atoms with van der Waals surface area (Å²) in [6.07, 6.45) is 7.06. The van der Waals surface area contributed by atoms with Gasteiger partial charge in [0.1, 0.15) is 0 Å². The third-order valence-electron chi connectivity index (χ3n) is 10.3. The van der Waals surface area contributed by atoms with Crippen LogP contribution in [0, 0.1) is 13.8 Å². The normalized spacial score (nSPS) is 11.0. The second kappa shape index (κ2) is 17.3. The highest BCUT2D eigenvalue weighted by Crippen LogP contribution is 2.42. The fraction of sp³-hybridized carbons (Fsp3) is 0.192. The molecule has 0 fully saturated rings. The molecule has 0 N–H and O–H groups in total. The summed E-state index contributed by atoms with van der Waals surface area (Å²) in [5.41, 5.74) is 17.0. The lowest BCUT2D eigenvalue weighted by molar-refractivity contribution is 0.795. The number of unbranched alkanes of at least 4 members (excludes halogenated alkanes) is 2. The van der Waals surface area contributed by atoms with E-state index in [-0.39, 0.29) is 0 Å². The summed E-state index contributed by atoms with van der Waals surface area (Å²) in [6.45, 7) is 8.84. The first-order valence-corrected chi connectivity index (χ1v) is 19.7. The maximum atomic E-state index is 2.39. The van der Waals surface area contributed by atoms with Gasteiger partial charge in [-0.3, -0.25) is 0 Å². The first-order chi connectivity index (χ1) is 26.5. The highest BCUT2D eigenvalue weighted by Gasteiger charge is 2.18.